The van der Waals surface area contributed by atoms with E-state index in [2.05, 4.69) is 28.5 Å². The highest BCUT2D eigenvalue weighted by Crippen LogP contribution is 2.49. The lowest BCUT2D eigenvalue weighted by Crippen LogP contribution is -2.30. The molecular weight excluding hydrogens is 424 g/mol. The highest BCUT2D eigenvalue weighted by atomic mass is 16.5. The maximum absolute atomic E-state index is 12.3. The summed E-state index contributed by atoms with van der Waals surface area (Å²) in [6, 6.07) is 26.0. The van der Waals surface area contributed by atoms with Gasteiger partial charge in [0.15, 0.2) is 0 Å². The normalized spacial score (nSPS) is 16.4. The number of nitriles is 1. The third-order valence-corrected chi connectivity index (χ3v) is 6.14. The number of amides is 2. The summed E-state index contributed by atoms with van der Waals surface area (Å²) in [5.74, 6) is 0.542. The van der Waals surface area contributed by atoms with E-state index in [1.807, 2.05) is 79.7 Å². The molecule has 0 aromatic heterocycles. The van der Waals surface area contributed by atoms with Crippen molar-refractivity contribution in [2.24, 2.45) is 0 Å². The van der Waals surface area contributed by atoms with Crippen LogP contribution in [-0.2, 0) is 6.42 Å². The standard InChI is InChI=1S/C28H30N4O2/c1-3-32-26-18-23(34-4-2)14-15-24(26)25(19-29)27(32)21-10-12-22(13-11-21)31-28(33)30-17-16-20-8-6-5-7-9-20/h5-15,18,25,27H,3-4,16-17H2,1-2H3,(H2,30,31,33). The number of anilines is 2. The lowest BCUT2D eigenvalue weighted by molar-refractivity contribution is 0.252. The van der Waals surface area contributed by atoms with E-state index in [9.17, 15) is 10.1 Å². The van der Waals surface area contributed by atoms with Crippen LogP contribution < -0.4 is 20.3 Å². The molecule has 6 heteroatoms. The smallest absolute Gasteiger partial charge is 0.319 e. The summed E-state index contributed by atoms with van der Waals surface area (Å²) in [4.78, 5) is 14.5. The summed E-state index contributed by atoms with van der Waals surface area (Å²) in [6.45, 7) is 6.00. The molecule has 0 saturated carbocycles. The first kappa shape index (κ1) is 23.2. The Morgan fingerprint density at radius 2 is 1.82 bits per heavy atom. The molecule has 3 aromatic carbocycles. The van der Waals surface area contributed by atoms with Crippen LogP contribution in [-0.4, -0.2) is 25.7 Å². The van der Waals surface area contributed by atoms with Crippen molar-refractivity contribution in [1.29, 1.82) is 5.26 Å². The lowest BCUT2D eigenvalue weighted by Gasteiger charge is -2.28. The van der Waals surface area contributed by atoms with Gasteiger partial charge in [-0.1, -0.05) is 48.5 Å². The van der Waals surface area contributed by atoms with E-state index < -0.39 is 0 Å². The highest BCUT2D eigenvalue weighted by Gasteiger charge is 2.39. The van der Waals surface area contributed by atoms with Gasteiger partial charge in [-0.15, -0.1) is 0 Å². The van der Waals surface area contributed by atoms with E-state index >= 15 is 0 Å². The van der Waals surface area contributed by atoms with Gasteiger partial charge in [0.2, 0.25) is 0 Å². The Labute approximate surface area is 201 Å². The van der Waals surface area contributed by atoms with Crippen LogP contribution >= 0.6 is 0 Å². The number of fused-ring (bicyclic) bond motifs is 1. The molecule has 2 N–H and O–H groups in total. The fraction of sp³-hybridized carbons (Fsp3) is 0.286. The maximum atomic E-state index is 12.3. The average Bonchev–Trinajstić information content (AvgIpc) is 3.18. The molecule has 1 heterocycles. The SMILES string of the molecule is CCOc1ccc2c(c1)N(CC)C(c1ccc(NC(=O)NCCc3ccccc3)cc1)C2C#N. The van der Waals surface area contributed by atoms with Gasteiger partial charge in [0.1, 0.15) is 5.75 Å². The van der Waals surface area contributed by atoms with Gasteiger partial charge in [-0.25, -0.2) is 4.79 Å². The van der Waals surface area contributed by atoms with Crippen molar-refractivity contribution in [2.75, 3.05) is 29.9 Å². The van der Waals surface area contributed by atoms with Crippen molar-refractivity contribution in [3.05, 3.63) is 89.5 Å². The van der Waals surface area contributed by atoms with Crippen molar-refractivity contribution >= 4 is 17.4 Å². The molecular formula is C28H30N4O2. The molecule has 2 atom stereocenters. The maximum Gasteiger partial charge on any atom is 0.319 e. The summed E-state index contributed by atoms with van der Waals surface area (Å²) >= 11 is 0. The molecule has 0 radical (unpaired) electrons. The molecule has 0 spiro atoms. The number of benzene rings is 3. The van der Waals surface area contributed by atoms with E-state index in [-0.39, 0.29) is 18.0 Å². The van der Waals surface area contributed by atoms with Gasteiger partial charge in [-0.05, 0) is 55.2 Å². The summed E-state index contributed by atoms with van der Waals surface area (Å²) < 4.78 is 5.68. The van der Waals surface area contributed by atoms with E-state index in [1.165, 1.54) is 5.56 Å². The third-order valence-electron chi connectivity index (χ3n) is 6.14. The number of hydrogen-bond donors (Lipinski definition) is 2. The topological polar surface area (TPSA) is 77.4 Å². The van der Waals surface area contributed by atoms with Crippen LogP contribution in [0.1, 0.15) is 42.5 Å². The zero-order valence-electron chi connectivity index (χ0n) is 19.6. The first-order valence-corrected chi connectivity index (χ1v) is 11.8. The molecule has 0 aliphatic carbocycles. The Hall–Kier alpha value is -3.98. The average molecular weight is 455 g/mol. The second kappa shape index (κ2) is 10.8. The minimum atomic E-state index is -0.272. The fourth-order valence-corrected chi connectivity index (χ4v) is 4.58. The largest absolute Gasteiger partial charge is 0.494 e. The van der Waals surface area contributed by atoms with Gasteiger partial charge >= 0.3 is 6.03 Å². The molecule has 34 heavy (non-hydrogen) atoms. The van der Waals surface area contributed by atoms with E-state index in [4.69, 9.17) is 4.74 Å². The van der Waals surface area contributed by atoms with Crippen molar-refractivity contribution in [2.45, 2.75) is 32.2 Å². The van der Waals surface area contributed by atoms with Gasteiger partial charge in [0.25, 0.3) is 0 Å². The van der Waals surface area contributed by atoms with Gasteiger partial charge in [0, 0.05) is 30.5 Å². The number of nitrogens with one attached hydrogen (secondary N) is 2. The van der Waals surface area contributed by atoms with E-state index in [1.54, 1.807) is 0 Å². The van der Waals surface area contributed by atoms with Gasteiger partial charge in [-0.2, -0.15) is 5.26 Å². The second-order valence-corrected chi connectivity index (χ2v) is 8.23. The number of ether oxygens (including phenoxy) is 1. The summed E-state index contributed by atoms with van der Waals surface area (Å²) in [5.41, 5.74) is 5.01. The van der Waals surface area contributed by atoms with Gasteiger partial charge in [-0.3, -0.25) is 0 Å². The van der Waals surface area contributed by atoms with Crippen molar-refractivity contribution in [3.8, 4) is 11.8 Å². The minimum Gasteiger partial charge on any atom is -0.494 e. The predicted octanol–water partition coefficient (Wildman–Crippen LogP) is 5.64. The molecule has 2 unspecified atom stereocenters. The molecule has 0 fully saturated rings. The number of urea groups is 1. The van der Waals surface area contributed by atoms with Crippen LogP contribution in [0.25, 0.3) is 0 Å². The number of rotatable bonds is 8. The number of carbonyl (C=O) groups is 1. The fourth-order valence-electron chi connectivity index (χ4n) is 4.58. The lowest BCUT2D eigenvalue weighted by atomic mass is 9.91. The first-order valence-electron chi connectivity index (χ1n) is 11.8. The van der Waals surface area contributed by atoms with E-state index in [0.29, 0.717) is 18.8 Å². The van der Waals surface area contributed by atoms with Gasteiger partial charge in [0.05, 0.1) is 24.6 Å². The second-order valence-electron chi connectivity index (χ2n) is 8.23. The Morgan fingerprint density at radius 1 is 1.06 bits per heavy atom. The molecule has 3 aromatic rings. The molecule has 1 aliphatic heterocycles. The first-order chi connectivity index (χ1) is 16.6. The summed E-state index contributed by atoms with van der Waals surface area (Å²) in [5, 5.41) is 15.8. The molecule has 174 valence electrons. The minimum absolute atomic E-state index is 0.0874. The Bertz CT molecular complexity index is 1160. The van der Waals surface area contributed by atoms with Crippen LogP contribution in [0.3, 0.4) is 0 Å². The number of carbonyl (C=O) groups excluding carboxylic acids is 1. The zero-order valence-corrected chi connectivity index (χ0v) is 19.6. The highest BCUT2D eigenvalue weighted by molar-refractivity contribution is 5.89. The van der Waals surface area contributed by atoms with Crippen LogP contribution in [0.2, 0.25) is 0 Å². The Balaban J connectivity index is 1.43. The monoisotopic (exact) mass is 454 g/mol. The van der Waals surface area contributed by atoms with Crippen molar-refractivity contribution < 1.29 is 9.53 Å². The molecule has 4 rings (SSSR count). The van der Waals surface area contributed by atoms with Crippen LogP contribution in [0, 0.1) is 11.3 Å². The molecule has 0 saturated heterocycles. The Morgan fingerprint density at radius 3 is 2.50 bits per heavy atom. The molecule has 6 nitrogen and oxygen atoms in total. The number of nitrogens with zero attached hydrogens (tertiary/aromatic N) is 2. The van der Waals surface area contributed by atoms with Gasteiger partial charge < -0.3 is 20.3 Å². The Kier molecular flexibility index (Phi) is 7.34. The van der Waals surface area contributed by atoms with Crippen LogP contribution in [0.4, 0.5) is 16.2 Å². The van der Waals surface area contributed by atoms with E-state index in [0.717, 1.165) is 35.5 Å². The third kappa shape index (κ3) is 4.99. The van der Waals surface area contributed by atoms with Crippen LogP contribution in [0.15, 0.2) is 72.8 Å². The van der Waals surface area contributed by atoms with Crippen molar-refractivity contribution in [3.63, 3.8) is 0 Å². The molecule has 1 aliphatic rings. The number of hydrogen-bond acceptors (Lipinski definition) is 4. The summed E-state index contributed by atoms with van der Waals surface area (Å²) in [7, 11) is 0. The summed E-state index contributed by atoms with van der Waals surface area (Å²) in [6.07, 6.45) is 0.781. The predicted molar refractivity (Wildman–Crippen MR) is 135 cm³/mol. The zero-order chi connectivity index (χ0) is 23.9. The molecule has 0 bridgehead atoms. The quantitative estimate of drug-likeness (QED) is 0.462. The van der Waals surface area contributed by atoms with Crippen molar-refractivity contribution in [1.82, 2.24) is 5.32 Å². The van der Waals surface area contributed by atoms with Crippen LogP contribution in [0.5, 0.6) is 5.75 Å². The number of likely N-dealkylation sites (N-methyl/N-ethyl adjacent to an activating group) is 1. The molecule has 2 amide bonds.